The Morgan fingerprint density at radius 2 is 2.38 bits per heavy atom. The number of aliphatic imine (C=N–C) groups is 1. The Labute approximate surface area is 97.8 Å². The van der Waals surface area contributed by atoms with Gasteiger partial charge in [-0.05, 0) is 24.6 Å². The van der Waals surface area contributed by atoms with E-state index >= 15 is 0 Å². The molecule has 2 rings (SSSR count). The van der Waals surface area contributed by atoms with Crippen molar-refractivity contribution in [2.45, 2.75) is 6.92 Å². The first-order chi connectivity index (χ1) is 7.66. The lowest BCUT2D eigenvalue weighted by Crippen LogP contribution is -2.27. The van der Waals surface area contributed by atoms with Crippen LogP contribution in [0.4, 0.5) is 0 Å². The van der Waals surface area contributed by atoms with Crippen LogP contribution in [0.5, 0.6) is 5.75 Å². The Balaban J connectivity index is 2.14. The fraction of sp³-hybridized carbons (Fsp3) is 0.273. The number of phenolic OH excluding ortho intramolecular Hbond substituents is 1. The second-order valence-electron chi connectivity index (χ2n) is 3.51. The Bertz CT molecular complexity index is 457. The predicted octanol–water partition coefficient (Wildman–Crippen LogP) is 1.53. The van der Waals surface area contributed by atoms with Gasteiger partial charge in [-0.15, -0.1) is 0 Å². The van der Waals surface area contributed by atoms with Crippen molar-refractivity contribution in [3.63, 3.8) is 0 Å². The molecular formula is C11H12N2O2S. The van der Waals surface area contributed by atoms with Crippen molar-refractivity contribution in [1.82, 2.24) is 5.32 Å². The molecule has 0 saturated heterocycles. The molecular weight excluding hydrogens is 224 g/mol. The fourth-order valence-corrected chi connectivity index (χ4v) is 2.13. The minimum absolute atomic E-state index is 0.00102. The summed E-state index contributed by atoms with van der Waals surface area (Å²) in [5.74, 6) is 0.585. The van der Waals surface area contributed by atoms with Crippen LogP contribution in [0, 0.1) is 6.92 Å². The molecule has 1 aromatic carbocycles. The van der Waals surface area contributed by atoms with Crippen LogP contribution in [0.1, 0.15) is 15.9 Å². The van der Waals surface area contributed by atoms with E-state index in [2.05, 4.69) is 10.3 Å². The monoisotopic (exact) mass is 236 g/mol. The van der Waals surface area contributed by atoms with Gasteiger partial charge in [-0.3, -0.25) is 9.79 Å². The predicted molar refractivity (Wildman–Crippen MR) is 65.1 cm³/mol. The van der Waals surface area contributed by atoms with E-state index in [1.807, 2.05) is 6.92 Å². The highest BCUT2D eigenvalue weighted by atomic mass is 32.2. The molecule has 5 heteroatoms. The van der Waals surface area contributed by atoms with Gasteiger partial charge in [0.2, 0.25) is 0 Å². The van der Waals surface area contributed by atoms with Crippen LogP contribution in [0.3, 0.4) is 0 Å². The van der Waals surface area contributed by atoms with Crippen molar-refractivity contribution in [1.29, 1.82) is 0 Å². The summed E-state index contributed by atoms with van der Waals surface area (Å²) >= 11 is 1.51. The average molecular weight is 236 g/mol. The van der Waals surface area contributed by atoms with Gasteiger partial charge < -0.3 is 10.4 Å². The lowest BCUT2D eigenvalue weighted by molar-refractivity contribution is 0.0975. The number of thioether (sulfide) groups is 1. The molecule has 0 aromatic heterocycles. The molecule has 0 bridgehead atoms. The van der Waals surface area contributed by atoms with Crippen LogP contribution >= 0.6 is 11.8 Å². The standard InChI is InChI=1S/C11H12N2O2S/c1-7-2-3-8(9(14)6-7)10(15)13-11-12-4-5-16-11/h2-3,6,14H,4-5H2,1H3,(H,12,13,15). The second kappa shape index (κ2) is 4.57. The summed E-state index contributed by atoms with van der Waals surface area (Å²) in [7, 11) is 0. The maximum absolute atomic E-state index is 11.8. The molecule has 0 unspecified atom stereocenters. The van der Waals surface area contributed by atoms with Crippen LogP contribution in [-0.4, -0.2) is 28.5 Å². The molecule has 0 saturated carbocycles. The van der Waals surface area contributed by atoms with Gasteiger partial charge in [-0.25, -0.2) is 0 Å². The van der Waals surface area contributed by atoms with E-state index in [0.29, 0.717) is 5.17 Å². The van der Waals surface area contributed by atoms with E-state index in [9.17, 15) is 9.90 Å². The summed E-state index contributed by atoms with van der Waals surface area (Å²) in [6.07, 6.45) is 0. The Morgan fingerprint density at radius 3 is 3.00 bits per heavy atom. The minimum atomic E-state index is -0.314. The number of hydrogen-bond acceptors (Lipinski definition) is 4. The Hall–Kier alpha value is -1.49. The summed E-state index contributed by atoms with van der Waals surface area (Å²) < 4.78 is 0. The molecule has 0 radical (unpaired) electrons. The number of phenols is 1. The molecule has 1 amide bonds. The van der Waals surface area contributed by atoms with Gasteiger partial charge in [0.25, 0.3) is 5.91 Å². The molecule has 0 fully saturated rings. The number of benzene rings is 1. The number of carbonyl (C=O) groups excluding carboxylic acids is 1. The van der Waals surface area contributed by atoms with Gasteiger partial charge in [0.1, 0.15) is 5.75 Å². The van der Waals surface area contributed by atoms with Crippen LogP contribution in [0.2, 0.25) is 0 Å². The first-order valence-corrected chi connectivity index (χ1v) is 5.93. The van der Waals surface area contributed by atoms with Crippen molar-refractivity contribution >= 4 is 22.8 Å². The number of hydrogen-bond donors (Lipinski definition) is 2. The number of amidine groups is 1. The summed E-state index contributed by atoms with van der Waals surface area (Å²) in [5.41, 5.74) is 1.20. The molecule has 16 heavy (non-hydrogen) atoms. The van der Waals surface area contributed by atoms with Gasteiger partial charge >= 0.3 is 0 Å². The van der Waals surface area contributed by atoms with Crippen molar-refractivity contribution in [2.24, 2.45) is 4.99 Å². The smallest absolute Gasteiger partial charge is 0.260 e. The molecule has 1 aliphatic rings. The van der Waals surface area contributed by atoms with E-state index in [-0.39, 0.29) is 17.2 Å². The van der Waals surface area contributed by atoms with Gasteiger partial charge in [-0.2, -0.15) is 0 Å². The molecule has 0 spiro atoms. The van der Waals surface area contributed by atoms with E-state index in [4.69, 9.17) is 0 Å². The highest BCUT2D eigenvalue weighted by Crippen LogP contribution is 2.19. The molecule has 1 aliphatic heterocycles. The molecule has 4 nitrogen and oxygen atoms in total. The average Bonchev–Trinajstić information content (AvgIpc) is 2.70. The first-order valence-electron chi connectivity index (χ1n) is 4.95. The summed E-state index contributed by atoms with van der Waals surface area (Å²) in [4.78, 5) is 15.9. The van der Waals surface area contributed by atoms with E-state index in [1.54, 1.807) is 18.2 Å². The summed E-state index contributed by atoms with van der Waals surface area (Å²) in [5, 5.41) is 12.9. The van der Waals surface area contributed by atoms with Gasteiger partial charge in [0, 0.05) is 5.75 Å². The number of carbonyl (C=O) groups is 1. The zero-order chi connectivity index (χ0) is 11.5. The maximum Gasteiger partial charge on any atom is 0.260 e. The van der Waals surface area contributed by atoms with Crippen LogP contribution in [0.25, 0.3) is 0 Å². The van der Waals surface area contributed by atoms with E-state index in [0.717, 1.165) is 17.9 Å². The minimum Gasteiger partial charge on any atom is -0.507 e. The lowest BCUT2D eigenvalue weighted by Gasteiger charge is -2.06. The van der Waals surface area contributed by atoms with Crippen molar-refractivity contribution in [3.8, 4) is 5.75 Å². The third-order valence-electron chi connectivity index (χ3n) is 2.20. The molecule has 84 valence electrons. The fourth-order valence-electron chi connectivity index (χ4n) is 1.41. The number of aryl methyl sites for hydroxylation is 1. The van der Waals surface area contributed by atoms with E-state index < -0.39 is 0 Å². The van der Waals surface area contributed by atoms with Crippen molar-refractivity contribution in [2.75, 3.05) is 12.3 Å². The largest absolute Gasteiger partial charge is 0.507 e. The number of amides is 1. The molecule has 1 heterocycles. The maximum atomic E-state index is 11.8. The summed E-state index contributed by atoms with van der Waals surface area (Å²) in [6.45, 7) is 2.60. The number of rotatable bonds is 1. The van der Waals surface area contributed by atoms with Gasteiger partial charge in [0.05, 0.1) is 12.1 Å². The van der Waals surface area contributed by atoms with E-state index in [1.165, 1.54) is 11.8 Å². The van der Waals surface area contributed by atoms with Gasteiger partial charge in [0.15, 0.2) is 5.17 Å². The van der Waals surface area contributed by atoms with Crippen molar-refractivity contribution in [3.05, 3.63) is 29.3 Å². The highest BCUT2D eigenvalue weighted by Gasteiger charge is 2.15. The third-order valence-corrected chi connectivity index (χ3v) is 3.10. The summed E-state index contributed by atoms with van der Waals surface area (Å²) in [6, 6.07) is 4.97. The Morgan fingerprint density at radius 1 is 1.56 bits per heavy atom. The third kappa shape index (κ3) is 2.36. The van der Waals surface area contributed by atoms with Crippen LogP contribution in [0.15, 0.2) is 23.2 Å². The molecule has 1 aromatic rings. The van der Waals surface area contributed by atoms with Crippen molar-refractivity contribution < 1.29 is 9.90 Å². The van der Waals surface area contributed by atoms with Crippen LogP contribution in [-0.2, 0) is 0 Å². The highest BCUT2D eigenvalue weighted by molar-refractivity contribution is 8.14. The normalized spacial score (nSPS) is 14.7. The number of nitrogens with one attached hydrogen (secondary N) is 1. The zero-order valence-corrected chi connectivity index (χ0v) is 9.67. The Kier molecular flexibility index (Phi) is 3.14. The van der Waals surface area contributed by atoms with Gasteiger partial charge in [-0.1, -0.05) is 17.8 Å². The molecule has 0 atom stereocenters. The molecule has 0 aliphatic carbocycles. The quantitative estimate of drug-likeness (QED) is 0.777. The topological polar surface area (TPSA) is 61.7 Å². The first kappa shape index (κ1) is 11.0. The zero-order valence-electron chi connectivity index (χ0n) is 8.86. The van der Waals surface area contributed by atoms with Crippen LogP contribution < -0.4 is 5.32 Å². The number of aromatic hydroxyl groups is 1. The molecule has 2 N–H and O–H groups in total. The number of nitrogens with zero attached hydrogens (tertiary/aromatic N) is 1. The second-order valence-corrected chi connectivity index (χ2v) is 4.59. The SMILES string of the molecule is Cc1ccc(C(=O)NC2=NCCS2)c(O)c1. The lowest BCUT2D eigenvalue weighted by atomic mass is 10.1.